The Bertz CT molecular complexity index is 647. The average molecular weight is 376 g/mol. The maximum Gasteiger partial charge on any atom is 0.598 e. The third kappa shape index (κ3) is 6.20. The van der Waals surface area contributed by atoms with Crippen LogP contribution in [0.2, 0.25) is 0 Å². The summed E-state index contributed by atoms with van der Waals surface area (Å²) >= 11 is 0. The third-order valence-electron chi connectivity index (χ3n) is 3.32. The van der Waals surface area contributed by atoms with Crippen LogP contribution in [0.4, 0.5) is 0 Å². The molecule has 0 radical (unpaired) electrons. The van der Waals surface area contributed by atoms with E-state index in [-0.39, 0.29) is 0 Å². The standard InChI is InChI=1S/C20H27NO4P/c1-4-22-26(23-5-2,24-6-3)25-21-20(19-15-11-8-12-16-19)17-18-13-9-7-10-14-18/h7-17,21H,4-6H2,1-3H3/q+1/b20-17+. The van der Waals surface area contributed by atoms with E-state index in [2.05, 4.69) is 5.48 Å². The van der Waals surface area contributed by atoms with E-state index in [4.69, 9.17) is 18.2 Å². The molecule has 0 bridgehead atoms. The summed E-state index contributed by atoms with van der Waals surface area (Å²) < 4.78 is 23.0. The molecule has 0 aliphatic carbocycles. The van der Waals surface area contributed by atoms with E-state index < -0.39 is 8.17 Å². The molecular formula is C20H27NO4P+. The van der Waals surface area contributed by atoms with Crippen LogP contribution >= 0.6 is 8.17 Å². The summed E-state index contributed by atoms with van der Waals surface area (Å²) in [5.74, 6) is 0. The van der Waals surface area contributed by atoms with Crippen LogP contribution in [0, 0.1) is 0 Å². The topological polar surface area (TPSA) is 49.0 Å². The second-order valence-electron chi connectivity index (χ2n) is 5.23. The predicted octanol–water partition coefficient (Wildman–Crippen LogP) is 5.49. The van der Waals surface area contributed by atoms with Crippen molar-refractivity contribution in [3.05, 3.63) is 71.8 Å². The van der Waals surface area contributed by atoms with E-state index in [9.17, 15) is 0 Å². The minimum atomic E-state index is -2.93. The van der Waals surface area contributed by atoms with Crippen LogP contribution in [0.5, 0.6) is 0 Å². The summed E-state index contributed by atoms with van der Waals surface area (Å²) in [5, 5.41) is 0. The van der Waals surface area contributed by atoms with Gasteiger partial charge in [0.25, 0.3) is 0 Å². The first-order valence-electron chi connectivity index (χ1n) is 8.82. The van der Waals surface area contributed by atoms with Crippen LogP contribution in [0.1, 0.15) is 31.9 Å². The SMILES string of the molecule is CCO[P+](OCC)(OCC)ON/C(=C/c1ccccc1)c1ccccc1. The maximum absolute atomic E-state index is 5.87. The van der Waals surface area contributed by atoms with Crippen molar-refractivity contribution in [2.24, 2.45) is 0 Å². The van der Waals surface area contributed by atoms with Crippen molar-refractivity contribution in [1.82, 2.24) is 5.48 Å². The lowest BCUT2D eigenvalue weighted by atomic mass is 10.1. The zero-order chi connectivity index (χ0) is 18.7. The molecule has 0 amide bonds. The quantitative estimate of drug-likeness (QED) is 0.319. The fourth-order valence-corrected chi connectivity index (χ4v) is 3.82. The number of hydroxylamine groups is 1. The molecule has 2 rings (SSSR count). The molecule has 2 aromatic carbocycles. The number of hydrogen-bond donors (Lipinski definition) is 1. The van der Waals surface area contributed by atoms with Gasteiger partial charge < -0.3 is 0 Å². The van der Waals surface area contributed by atoms with Gasteiger partial charge in [0.15, 0.2) is 0 Å². The highest BCUT2D eigenvalue weighted by molar-refractivity contribution is 7.56. The Morgan fingerprint density at radius 2 is 1.31 bits per heavy atom. The largest absolute Gasteiger partial charge is 0.598 e. The summed E-state index contributed by atoms with van der Waals surface area (Å²) in [5.41, 5.74) is 5.84. The predicted molar refractivity (Wildman–Crippen MR) is 107 cm³/mol. The van der Waals surface area contributed by atoms with Crippen molar-refractivity contribution in [3.63, 3.8) is 0 Å². The van der Waals surface area contributed by atoms with E-state index in [1.54, 1.807) is 0 Å². The van der Waals surface area contributed by atoms with Crippen LogP contribution in [0.25, 0.3) is 11.8 Å². The lowest BCUT2D eigenvalue weighted by molar-refractivity contribution is 0.0425. The van der Waals surface area contributed by atoms with Crippen molar-refractivity contribution >= 4 is 19.9 Å². The van der Waals surface area contributed by atoms with E-state index >= 15 is 0 Å². The van der Waals surface area contributed by atoms with E-state index in [0.29, 0.717) is 19.8 Å². The molecule has 0 saturated heterocycles. The van der Waals surface area contributed by atoms with Gasteiger partial charge in [-0.1, -0.05) is 60.7 Å². The molecule has 0 aliphatic rings. The molecule has 26 heavy (non-hydrogen) atoms. The molecule has 0 saturated carbocycles. The summed E-state index contributed by atoms with van der Waals surface area (Å²) in [7, 11) is -2.93. The van der Waals surface area contributed by atoms with Crippen LogP contribution in [0.3, 0.4) is 0 Å². The van der Waals surface area contributed by atoms with Crippen LogP contribution < -0.4 is 5.48 Å². The van der Waals surface area contributed by atoms with Crippen LogP contribution in [-0.2, 0) is 18.2 Å². The molecule has 5 nitrogen and oxygen atoms in total. The molecule has 0 fully saturated rings. The van der Waals surface area contributed by atoms with E-state index in [1.165, 1.54) is 0 Å². The monoisotopic (exact) mass is 376 g/mol. The second-order valence-corrected chi connectivity index (χ2v) is 7.08. The van der Waals surface area contributed by atoms with E-state index in [0.717, 1.165) is 16.8 Å². The van der Waals surface area contributed by atoms with Gasteiger partial charge in [0.2, 0.25) is 0 Å². The zero-order valence-corrected chi connectivity index (χ0v) is 16.4. The van der Waals surface area contributed by atoms with Crippen molar-refractivity contribution in [1.29, 1.82) is 0 Å². The van der Waals surface area contributed by atoms with Gasteiger partial charge in [0, 0.05) is 5.56 Å². The van der Waals surface area contributed by atoms with Crippen molar-refractivity contribution in [3.8, 4) is 0 Å². The zero-order valence-electron chi connectivity index (χ0n) is 15.6. The Morgan fingerprint density at radius 1 is 0.808 bits per heavy atom. The number of rotatable bonds is 11. The van der Waals surface area contributed by atoms with Gasteiger partial charge >= 0.3 is 8.17 Å². The normalized spacial score (nSPS) is 12.2. The summed E-state index contributed by atoms with van der Waals surface area (Å²) in [6, 6.07) is 20.0. The highest BCUT2D eigenvalue weighted by Gasteiger charge is 2.50. The molecule has 0 heterocycles. The van der Waals surface area contributed by atoms with Gasteiger partial charge in [-0.15, -0.1) is 0 Å². The Balaban J connectivity index is 2.27. The van der Waals surface area contributed by atoms with Gasteiger partial charge in [0.05, 0.1) is 25.5 Å². The molecule has 0 atom stereocenters. The highest BCUT2D eigenvalue weighted by atomic mass is 31.2. The van der Waals surface area contributed by atoms with Gasteiger partial charge in [-0.05, 0) is 37.0 Å². The molecule has 6 heteroatoms. The van der Waals surface area contributed by atoms with Gasteiger partial charge in [-0.3, -0.25) is 0 Å². The van der Waals surface area contributed by atoms with Crippen LogP contribution in [0.15, 0.2) is 60.7 Å². The molecule has 2 aromatic rings. The Morgan fingerprint density at radius 3 is 1.81 bits per heavy atom. The summed E-state index contributed by atoms with van der Waals surface area (Å²) in [6.45, 7) is 6.94. The van der Waals surface area contributed by atoms with Crippen molar-refractivity contribution in [2.75, 3.05) is 19.8 Å². The first kappa shape index (κ1) is 20.6. The van der Waals surface area contributed by atoms with Crippen LogP contribution in [-0.4, -0.2) is 19.8 Å². The van der Waals surface area contributed by atoms with Crippen molar-refractivity contribution in [2.45, 2.75) is 20.8 Å². The smallest absolute Gasteiger partial charge is 0.219 e. The average Bonchev–Trinajstić information content (AvgIpc) is 2.67. The lowest BCUT2D eigenvalue weighted by Gasteiger charge is -2.19. The van der Waals surface area contributed by atoms with Gasteiger partial charge in [-0.2, -0.15) is 13.6 Å². The molecule has 0 unspecified atom stereocenters. The molecule has 0 aliphatic heterocycles. The highest BCUT2D eigenvalue weighted by Crippen LogP contribution is 2.62. The lowest BCUT2D eigenvalue weighted by Crippen LogP contribution is -2.19. The minimum Gasteiger partial charge on any atom is -0.219 e. The first-order chi connectivity index (χ1) is 12.7. The summed E-state index contributed by atoms with van der Waals surface area (Å²) in [6.07, 6.45) is 2.01. The Kier molecular flexibility index (Phi) is 8.75. The maximum atomic E-state index is 5.87. The number of nitrogens with one attached hydrogen (secondary N) is 1. The van der Waals surface area contributed by atoms with Gasteiger partial charge in [-0.25, -0.2) is 5.48 Å². The minimum absolute atomic E-state index is 0.429. The molecule has 140 valence electrons. The fourth-order valence-electron chi connectivity index (χ4n) is 2.28. The van der Waals surface area contributed by atoms with E-state index in [1.807, 2.05) is 87.5 Å². The molecular weight excluding hydrogens is 349 g/mol. The summed E-state index contributed by atoms with van der Waals surface area (Å²) in [4.78, 5) is 0. The first-order valence-corrected chi connectivity index (χ1v) is 10.3. The fraction of sp³-hybridized carbons (Fsp3) is 0.300. The molecule has 0 aromatic heterocycles. The number of hydrogen-bond acceptors (Lipinski definition) is 5. The molecule has 1 N–H and O–H groups in total. The second kappa shape index (κ2) is 11.1. The van der Waals surface area contributed by atoms with Gasteiger partial charge in [0.1, 0.15) is 0 Å². The Hall–Kier alpha value is -1.75. The Labute approximate surface area is 156 Å². The third-order valence-corrected chi connectivity index (χ3v) is 5.36. The van der Waals surface area contributed by atoms with Crippen molar-refractivity contribution < 1.29 is 18.2 Å². The molecule has 0 spiro atoms. The number of benzene rings is 2.